The van der Waals surface area contributed by atoms with E-state index >= 15 is 0 Å². The molecule has 0 spiro atoms. The molecule has 1 unspecified atom stereocenters. The van der Waals surface area contributed by atoms with Crippen molar-refractivity contribution in [2.75, 3.05) is 19.7 Å². The topological polar surface area (TPSA) is 71.2 Å². The van der Waals surface area contributed by atoms with Gasteiger partial charge in [0.1, 0.15) is 5.82 Å². The lowest BCUT2D eigenvalue weighted by Crippen LogP contribution is -2.29. The third-order valence-electron chi connectivity index (χ3n) is 3.60. The Hall–Kier alpha value is -2.28. The minimum atomic E-state index is -0.339. The molecule has 7 heteroatoms. The van der Waals surface area contributed by atoms with E-state index in [0.717, 1.165) is 6.42 Å². The number of rotatable bonds is 3. The van der Waals surface area contributed by atoms with E-state index in [1.165, 1.54) is 23.1 Å². The van der Waals surface area contributed by atoms with Gasteiger partial charge < -0.3 is 10.0 Å². The normalized spacial score (nSPS) is 18.2. The molecule has 1 fully saturated rings. The summed E-state index contributed by atoms with van der Waals surface area (Å²) in [6.45, 7) is 1.25. The van der Waals surface area contributed by atoms with Gasteiger partial charge in [0.2, 0.25) is 0 Å². The minimum absolute atomic E-state index is 0.0893. The third kappa shape index (κ3) is 2.78. The Morgan fingerprint density at radius 2 is 2.14 bits per heavy atom. The zero-order chi connectivity index (χ0) is 14.8. The summed E-state index contributed by atoms with van der Waals surface area (Å²) in [4.78, 5) is 15.2. The second-order valence-electron chi connectivity index (χ2n) is 5.08. The first-order valence-electron chi connectivity index (χ1n) is 6.76. The van der Waals surface area contributed by atoms with Crippen LogP contribution >= 0.6 is 0 Å². The van der Waals surface area contributed by atoms with Crippen LogP contribution in [0, 0.1) is 11.7 Å². The van der Waals surface area contributed by atoms with Crippen LogP contribution in [0.3, 0.4) is 0 Å². The first-order valence-corrected chi connectivity index (χ1v) is 6.76. The first kappa shape index (κ1) is 13.7. The molecular weight excluding hydrogens is 275 g/mol. The molecule has 1 aromatic heterocycles. The Kier molecular flexibility index (Phi) is 3.66. The quantitative estimate of drug-likeness (QED) is 0.910. The lowest BCUT2D eigenvalue weighted by molar-refractivity contribution is 0.0775. The summed E-state index contributed by atoms with van der Waals surface area (Å²) < 4.78 is 12.9. The largest absolute Gasteiger partial charge is 0.396 e. The molecule has 6 nitrogen and oxygen atoms in total. The molecule has 1 aliphatic heterocycles. The molecule has 2 heterocycles. The van der Waals surface area contributed by atoms with Gasteiger partial charge in [0.05, 0.1) is 11.9 Å². The molecule has 0 radical (unpaired) electrons. The van der Waals surface area contributed by atoms with Gasteiger partial charge >= 0.3 is 0 Å². The maximum Gasteiger partial charge on any atom is 0.276 e. The molecule has 0 saturated carbocycles. The Morgan fingerprint density at radius 3 is 2.81 bits per heavy atom. The average Bonchev–Trinajstić information content (AvgIpc) is 3.16. The van der Waals surface area contributed by atoms with Crippen LogP contribution in [0.1, 0.15) is 16.9 Å². The molecule has 1 aromatic carbocycles. The summed E-state index contributed by atoms with van der Waals surface area (Å²) in [5.74, 6) is -0.394. The van der Waals surface area contributed by atoms with Crippen LogP contribution in [-0.4, -0.2) is 50.6 Å². The number of carbonyl (C=O) groups excluding carboxylic acids is 1. The zero-order valence-electron chi connectivity index (χ0n) is 11.3. The maximum atomic E-state index is 12.9. The molecule has 1 N–H and O–H groups in total. The van der Waals surface area contributed by atoms with E-state index in [1.807, 2.05) is 0 Å². The SMILES string of the molecule is O=C(c1cnn(-c2ccc(F)cc2)n1)N1CCC(CO)C1. The summed E-state index contributed by atoms with van der Waals surface area (Å²) in [6, 6.07) is 5.71. The molecule has 2 aromatic rings. The number of aliphatic hydroxyl groups is 1. The van der Waals surface area contributed by atoms with Gasteiger partial charge in [-0.25, -0.2) is 4.39 Å². The molecule has 1 aliphatic rings. The molecule has 3 rings (SSSR count). The van der Waals surface area contributed by atoms with Crippen molar-refractivity contribution in [1.29, 1.82) is 0 Å². The van der Waals surface area contributed by atoms with E-state index in [9.17, 15) is 9.18 Å². The van der Waals surface area contributed by atoms with Crippen LogP contribution in [-0.2, 0) is 0 Å². The standard InChI is InChI=1S/C14H15FN4O2/c15-11-1-3-12(4-2-11)19-16-7-13(17-19)14(21)18-6-5-10(8-18)9-20/h1-4,7,10,20H,5-6,8-9H2. The molecular formula is C14H15FN4O2. The number of carbonyl (C=O) groups is 1. The summed E-state index contributed by atoms with van der Waals surface area (Å²) in [5, 5.41) is 17.3. The van der Waals surface area contributed by atoms with Gasteiger partial charge in [-0.05, 0) is 30.7 Å². The van der Waals surface area contributed by atoms with Crippen molar-refractivity contribution >= 4 is 5.91 Å². The summed E-state index contributed by atoms with van der Waals surface area (Å²) >= 11 is 0. The Morgan fingerprint density at radius 1 is 1.38 bits per heavy atom. The van der Waals surface area contributed by atoms with E-state index in [1.54, 1.807) is 17.0 Å². The van der Waals surface area contributed by atoms with Crippen molar-refractivity contribution in [3.8, 4) is 5.69 Å². The van der Waals surface area contributed by atoms with Crippen molar-refractivity contribution in [3.63, 3.8) is 0 Å². The Balaban J connectivity index is 1.75. The summed E-state index contributed by atoms with van der Waals surface area (Å²) in [6.07, 6.45) is 2.20. The van der Waals surface area contributed by atoms with Crippen LogP contribution in [0.5, 0.6) is 0 Å². The van der Waals surface area contributed by atoms with Gasteiger partial charge in [0, 0.05) is 25.6 Å². The summed E-state index contributed by atoms with van der Waals surface area (Å²) in [7, 11) is 0. The van der Waals surface area contributed by atoms with Crippen LogP contribution in [0.15, 0.2) is 30.5 Å². The highest BCUT2D eigenvalue weighted by molar-refractivity contribution is 5.92. The van der Waals surface area contributed by atoms with E-state index < -0.39 is 0 Å². The van der Waals surface area contributed by atoms with Gasteiger partial charge in [-0.15, -0.1) is 5.10 Å². The molecule has 0 bridgehead atoms. The van der Waals surface area contributed by atoms with Gasteiger partial charge in [0.15, 0.2) is 5.69 Å². The predicted molar refractivity (Wildman–Crippen MR) is 72.4 cm³/mol. The fourth-order valence-corrected chi connectivity index (χ4v) is 2.39. The Bertz CT molecular complexity index is 641. The summed E-state index contributed by atoms with van der Waals surface area (Å²) in [5.41, 5.74) is 0.836. The monoisotopic (exact) mass is 290 g/mol. The lowest BCUT2D eigenvalue weighted by Gasteiger charge is -2.13. The molecule has 21 heavy (non-hydrogen) atoms. The van der Waals surface area contributed by atoms with E-state index in [-0.39, 0.29) is 29.9 Å². The van der Waals surface area contributed by atoms with E-state index in [4.69, 9.17) is 5.11 Å². The number of nitrogens with zero attached hydrogens (tertiary/aromatic N) is 4. The number of likely N-dealkylation sites (tertiary alicyclic amines) is 1. The molecule has 1 amide bonds. The molecule has 110 valence electrons. The highest BCUT2D eigenvalue weighted by atomic mass is 19.1. The van der Waals surface area contributed by atoms with E-state index in [0.29, 0.717) is 18.8 Å². The van der Waals surface area contributed by atoms with Crippen molar-refractivity contribution in [1.82, 2.24) is 19.9 Å². The molecule has 1 saturated heterocycles. The van der Waals surface area contributed by atoms with Crippen molar-refractivity contribution < 1.29 is 14.3 Å². The van der Waals surface area contributed by atoms with Gasteiger partial charge in [-0.3, -0.25) is 4.79 Å². The lowest BCUT2D eigenvalue weighted by atomic mass is 10.1. The number of hydrogen-bond acceptors (Lipinski definition) is 4. The maximum absolute atomic E-state index is 12.9. The van der Waals surface area contributed by atoms with Crippen molar-refractivity contribution in [2.24, 2.45) is 5.92 Å². The number of benzene rings is 1. The minimum Gasteiger partial charge on any atom is -0.396 e. The van der Waals surface area contributed by atoms with Crippen LogP contribution in [0.4, 0.5) is 4.39 Å². The smallest absolute Gasteiger partial charge is 0.276 e. The fourth-order valence-electron chi connectivity index (χ4n) is 2.39. The number of aliphatic hydroxyl groups excluding tert-OH is 1. The Labute approximate surface area is 120 Å². The second-order valence-corrected chi connectivity index (χ2v) is 5.08. The second kappa shape index (κ2) is 5.61. The third-order valence-corrected chi connectivity index (χ3v) is 3.60. The van der Waals surface area contributed by atoms with E-state index in [2.05, 4.69) is 10.2 Å². The number of aromatic nitrogens is 3. The highest BCUT2D eigenvalue weighted by Crippen LogP contribution is 2.17. The van der Waals surface area contributed by atoms with Gasteiger partial charge in [-0.2, -0.15) is 9.90 Å². The zero-order valence-corrected chi connectivity index (χ0v) is 11.3. The van der Waals surface area contributed by atoms with Crippen LogP contribution in [0.2, 0.25) is 0 Å². The van der Waals surface area contributed by atoms with Crippen LogP contribution in [0.25, 0.3) is 5.69 Å². The fraction of sp³-hybridized carbons (Fsp3) is 0.357. The van der Waals surface area contributed by atoms with Crippen LogP contribution < -0.4 is 0 Å². The van der Waals surface area contributed by atoms with Crippen molar-refractivity contribution in [3.05, 3.63) is 42.0 Å². The highest BCUT2D eigenvalue weighted by Gasteiger charge is 2.27. The van der Waals surface area contributed by atoms with Gasteiger partial charge in [0.25, 0.3) is 5.91 Å². The molecule has 0 aliphatic carbocycles. The number of halogens is 1. The predicted octanol–water partition coefficient (Wildman–Crippen LogP) is 0.861. The average molecular weight is 290 g/mol. The number of amides is 1. The first-order chi connectivity index (χ1) is 10.2. The molecule has 1 atom stereocenters. The van der Waals surface area contributed by atoms with Gasteiger partial charge in [-0.1, -0.05) is 0 Å². The number of hydrogen-bond donors (Lipinski definition) is 1. The van der Waals surface area contributed by atoms with Crippen molar-refractivity contribution in [2.45, 2.75) is 6.42 Å².